The summed E-state index contributed by atoms with van der Waals surface area (Å²) in [6, 6.07) is 4.64. The molecule has 2 aromatic rings. The van der Waals surface area contributed by atoms with Gasteiger partial charge in [-0.05, 0) is 37.5 Å². The van der Waals surface area contributed by atoms with Gasteiger partial charge in [0, 0.05) is 18.8 Å². The molecule has 0 spiro atoms. The Hall–Kier alpha value is -1.75. The molecule has 1 aliphatic rings. The zero-order chi connectivity index (χ0) is 11.7. The maximum atomic E-state index is 4.20. The van der Waals surface area contributed by atoms with Crippen molar-refractivity contribution in [2.45, 2.75) is 32.4 Å². The average molecular weight is 229 g/mol. The Labute approximate surface area is 99.9 Å². The fraction of sp³-hybridized carbons (Fsp3) is 0.417. The lowest BCUT2D eigenvalue weighted by Crippen LogP contribution is -2.16. The Bertz CT molecular complexity index is 498. The standard InChI is InChI=1S/C12H15N5/c1-9-6-14-17(8-9)12-5-4-11(15-16-12)7-13-10-2-3-10/h4-6,8,10,13H,2-3,7H2,1H3. The van der Waals surface area contributed by atoms with Crippen LogP contribution in [0.3, 0.4) is 0 Å². The molecular weight excluding hydrogens is 214 g/mol. The highest BCUT2D eigenvalue weighted by atomic mass is 15.3. The van der Waals surface area contributed by atoms with Crippen molar-refractivity contribution >= 4 is 0 Å². The first-order chi connectivity index (χ1) is 8.31. The molecule has 17 heavy (non-hydrogen) atoms. The molecule has 2 aromatic heterocycles. The smallest absolute Gasteiger partial charge is 0.175 e. The van der Waals surface area contributed by atoms with Crippen LogP contribution in [0.5, 0.6) is 0 Å². The van der Waals surface area contributed by atoms with Gasteiger partial charge in [-0.25, -0.2) is 4.68 Å². The van der Waals surface area contributed by atoms with E-state index in [0.29, 0.717) is 6.04 Å². The predicted octanol–water partition coefficient (Wildman–Crippen LogP) is 1.22. The van der Waals surface area contributed by atoms with Gasteiger partial charge < -0.3 is 5.32 Å². The number of hydrogen-bond acceptors (Lipinski definition) is 4. The highest BCUT2D eigenvalue weighted by Crippen LogP contribution is 2.18. The maximum absolute atomic E-state index is 4.20. The molecule has 0 aliphatic heterocycles. The van der Waals surface area contributed by atoms with Crippen molar-refractivity contribution in [2.24, 2.45) is 0 Å². The Morgan fingerprint density at radius 1 is 1.35 bits per heavy atom. The van der Waals surface area contributed by atoms with Crippen molar-refractivity contribution in [3.8, 4) is 5.82 Å². The molecule has 1 saturated carbocycles. The summed E-state index contributed by atoms with van der Waals surface area (Å²) in [5, 5.41) is 16.0. The minimum Gasteiger partial charge on any atom is -0.308 e. The predicted molar refractivity (Wildman–Crippen MR) is 63.8 cm³/mol. The zero-order valence-corrected chi connectivity index (χ0v) is 9.80. The zero-order valence-electron chi connectivity index (χ0n) is 9.80. The second-order valence-electron chi connectivity index (χ2n) is 4.50. The first kappa shape index (κ1) is 10.4. The van der Waals surface area contributed by atoms with Crippen LogP contribution in [0.15, 0.2) is 24.5 Å². The fourth-order valence-corrected chi connectivity index (χ4v) is 1.64. The summed E-state index contributed by atoms with van der Waals surface area (Å²) in [6.07, 6.45) is 6.33. The number of nitrogens with one attached hydrogen (secondary N) is 1. The van der Waals surface area contributed by atoms with Crippen LogP contribution in [-0.2, 0) is 6.54 Å². The van der Waals surface area contributed by atoms with E-state index in [1.54, 1.807) is 4.68 Å². The van der Waals surface area contributed by atoms with Crippen molar-refractivity contribution < 1.29 is 0 Å². The summed E-state index contributed by atoms with van der Waals surface area (Å²) in [5.74, 6) is 0.758. The number of nitrogens with zero attached hydrogens (tertiary/aromatic N) is 4. The van der Waals surface area contributed by atoms with Crippen LogP contribution in [-0.4, -0.2) is 26.0 Å². The van der Waals surface area contributed by atoms with Crippen molar-refractivity contribution in [1.82, 2.24) is 25.3 Å². The van der Waals surface area contributed by atoms with Crippen molar-refractivity contribution in [3.63, 3.8) is 0 Å². The lowest BCUT2D eigenvalue weighted by Gasteiger charge is -2.03. The monoisotopic (exact) mass is 229 g/mol. The molecule has 2 heterocycles. The summed E-state index contributed by atoms with van der Waals surface area (Å²) in [4.78, 5) is 0. The van der Waals surface area contributed by atoms with Gasteiger partial charge in [-0.15, -0.1) is 5.10 Å². The first-order valence-electron chi connectivity index (χ1n) is 5.89. The lowest BCUT2D eigenvalue weighted by molar-refractivity contribution is 0.661. The summed E-state index contributed by atoms with van der Waals surface area (Å²) < 4.78 is 1.74. The lowest BCUT2D eigenvalue weighted by atomic mass is 10.3. The maximum Gasteiger partial charge on any atom is 0.175 e. The topological polar surface area (TPSA) is 55.6 Å². The van der Waals surface area contributed by atoms with Gasteiger partial charge in [0.25, 0.3) is 0 Å². The molecule has 0 atom stereocenters. The highest BCUT2D eigenvalue weighted by Gasteiger charge is 2.20. The molecule has 1 fully saturated rings. The van der Waals surface area contributed by atoms with E-state index in [1.165, 1.54) is 12.8 Å². The average Bonchev–Trinajstić information content (AvgIpc) is 3.09. The summed E-state index contributed by atoms with van der Waals surface area (Å²) in [6.45, 7) is 2.81. The van der Waals surface area contributed by atoms with E-state index in [9.17, 15) is 0 Å². The molecule has 5 nitrogen and oxygen atoms in total. The van der Waals surface area contributed by atoms with E-state index >= 15 is 0 Å². The summed E-state index contributed by atoms with van der Waals surface area (Å²) in [7, 11) is 0. The van der Waals surface area contributed by atoms with Gasteiger partial charge in [-0.2, -0.15) is 10.2 Å². The fourth-order valence-electron chi connectivity index (χ4n) is 1.64. The van der Waals surface area contributed by atoms with Crippen LogP contribution in [0, 0.1) is 6.92 Å². The largest absolute Gasteiger partial charge is 0.308 e. The van der Waals surface area contributed by atoms with E-state index in [1.807, 2.05) is 31.5 Å². The summed E-state index contributed by atoms with van der Waals surface area (Å²) >= 11 is 0. The summed E-state index contributed by atoms with van der Waals surface area (Å²) in [5.41, 5.74) is 2.09. The Morgan fingerprint density at radius 2 is 2.24 bits per heavy atom. The van der Waals surface area contributed by atoms with Gasteiger partial charge in [-0.3, -0.25) is 0 Å². The Morgan fingerprint density at radius 3 is 2.82 bits per heavy atom. The van der Waals surface area contributed by atoms with E-state index in [-0.39, 0.29) is 0 Å². The quantitative estimate of drug-likeness (QED) is 0.856. The van der Waals surface area contributed by atoms with Crippen molar-refractivity contribution in [2.75, 3.05) is 0 Å². The second-order valence-corrected chi connectivity index (χ2v) is 4.50. The molecule has 1 aliphatic carbocycles. The molecular formula is C12H15N5. The van der Waals surface area contributed by atoms with E-state index in [2.05, 4.69) is 20.6 Å². The molecule has 88 valence electrons. The molecule has 3 rings (SSSR count). The normalized spacial score (nSPS) is 15.1. The minimum atomic E-state index is 0.699. The third-order valence-electron chi connectivity index (χ3n) is 2.80. The number of hydrogen-bond donors (Lipinski definition) is 1. The molecule has 1 N–H and O–H groups in total. The van der Waals surface area contributed by atoms with Crippen molar-refractivity contribution in [1.29, 1.82) is 0 Å². The van der Waals surface area contributed by atoms with Gasteiger partial charge in [0.2, 0.25) is 0 Å². The molecule has 0 unspecified atom stereocenters. The Balaban J connectivity index is 1.70. The Kier molecular flexibility index (Phi) is 2.60. The van der Waals surface area contributed by atoms with Crippen LogP contribution in [0.4, 0.5) is 0 Å². The third-order valence-corrected chi connectivity index (χ3v) is 2.80. The second kappa shape index (κ2) is 4.25. The first-order valence-corrected chi connectivity index (χ1v) is 5.89. The molecule has 5 heteroatoms. The molecule has 0 bridgehead atoms. The number of rotatable bonds is 4. The molecule has 0 saturated heterocycles. The molecule has 0 radical (unpaired) electrons. The van der Waals surface area contributed by atoms with Crippen molar-refractivity contribution in [3.05, 3.63) is 35.8 Å². The van der Waals surface area contributed by atoms with Gasteiger partial charge in [0.15, 0.2) is 5.82 Å². The van der Waals surface area contributed by atoms with Crippen LogP contribution in [0.1, 0.15) is 24.1 Å². The van der Waals surface area contributed by atoms with Crippen LogP contribution in [0.25, 0.3) is 5.82 Å². The molecule has 0 amide bonds. The van der Waals surface area contributed by atoms with E-state index < -0.39 is 0 Å². The number of aromatic nitrogens is 4. The molecule has 0 aromatic carbocycles. The minimum absolute atomic E-state index is 0.699. The van der Waals surface area contributed by atoms with Gasteiger partial charge >= 0.3 is 0 Å². The van der Waals surface area contributed by atoms with E-state index in [0.717, 1.165) is 23.6 Å². The van der Waals surface area contributed by atoms with Crippen LogP contribution < -0.4 is 5.32 Å². The third kappa shape index (κ3) is 2.50. The van der Waals surface area contributed by atoms with Gasteiger partial charge in [0.05, 0.1) is 11.9 Å². The SMILES string of the molecule is Cc1cnn(-c2ccc(CNC3CC3)nn2)c1. The van der Waals surface area contributed by atoms with Crippen LogP contribution >= 0.6 is 0 Å². The number of aryl methyl sites for hydroxylation is 1. The van der Waals surface area contributed by atoms with Gasteiger partial charge in [-0.1, -0.05) is 0 Å². The van der Waals surface area contributed by atoms with Gasteiger partial charge in [0.1, 0.15) is 0 Å². The van der Waals surface area contributed by atoms with Crippen LogP contribution in [0.2, 0.25) is 0 Å². The van der Waals surface area contributed by atoms with E-state index in [4.69, 9.17) is 0 Å². The highest BCUT2D eigenvalue weighted by molar-refractivity contribution is 5.21.